The molecular weight excluding hydrogens is 234 g/mol. The summed E-state index contributed by atoms with van der Waals surface area (Å²) in [5.41, 5.74) is 2.55. The molecule has 0 aliphatic carbocycles. The molecule has 0 radical (unpaired) electrons. The van der Waals surface area contributed by atoms with Crippen molar-refractivity contribution in [2.75, 3.05) is 6.61 Å². The highest BCUT2D eigenvalue weighted by Crippen LogP contribution is 2.18. The number of aliphatic carboxylic acids is 1. The Labute approximate surface area is 103 Å². The zero-order valence-corrected chi connectivity index (χ0v) is 9.42. The van der Waals surface area contributed by atoms with Crippen LogP contribution in [0, 0.1) is 0 Å². The first-order chi connectivity index (χ1) is 8.68. The molecule has 2 aromatic carbocycles. The van der Waals surface area contributed by atoms with E-state index >= 15 is 0 Å². The van der Waals surface area contributed by atoms with E-state index in [1.165, 1.54) is 0 Å². The Bertz CT molecular complexity index is 589. The second-order valence-electron chi connectivity index (χ2n) is 3.64. The van der Waals surface area contributed by atoms with Crippen LogP contribution in [0.15, 0.2) is 42.5 Å². The molecule has 0 saturated heterocycles. The van der Waals surface area contributed by atoms with E-state index in [0.717, 1.165) is 10.8 Å². The molecule has 0 bridgehead atoms. The molecular formula is C13H11NO4. The summed E-state index contributed by atoms with van der Waals surface area (Å²) in [5, 5.41) is 10.1. The minimum atomic E-state index is -1.15. The van der Waals surface area contributed by atoms with E-state index in [4.69, 9.17) is 5.11 Å². The Morgan fingerprint density at radius 1 is 1.11 bits per heavy atom. The van der Waals surface area contributed by atoms with Crippen molar-refractivity contribution in [1.82, 2.24) is 5.48 Å². The van der Waals surface area contributed by atoms with Crippen LogP contribution in [-0.2, 0) is 9.63 Å². The lowest BCUT2D eigenvalue weighted by molar-refractivity contribution is -0.144. The number of nitrogens with one attached hydrogen (secondary N) is 1. The van der Waals surface area contributed by atoms with E-state index in [-0.39, 0.29) is 0 Å². The molecule has 18 heavy (non-hydrogen) atoms. The molecule has 2 rings (SSSR count). The average molecular weight is 245 g/mol. The summed E-state index contributed by atoms with van der Waals surface area (Å²) in [6.45, 7) is -0.573. The Hall–Kier alpha value is -2.40. The Morgan fingerprint density at radius 3 is 2.61 bits per heavy atom. The van der Waals surface area contributed by atoms with Crippen LogP contribution >= 0.6 is 0 Å². The van der Waals surface area contributed by atoms with E-state index in [2.05, 4.69) is 10.3 Å². The maximum absolute atomic E-state index is 11.8. The van der Waals surface area contributed by atoms with E-state index in [9.17, 15) is 9.59 Å². The number of carbonyl (C=O) groups is 2. The Balaban J connectivity index is 2.20. The van der Waals surface area contributed by atoms with E-state index in [1.807, 2.05) is 30.3 Å². The number of hydrogen-bond acceptors (Lipinski definition) is 3. The summed E-state index contributed by atoms with van der Waals surface area (Å²) in [7, 11) is 0. The van der Waals surface area contributed by atoms with Crippen LogP contribution in [0.4, 0.5) is 0 Å². The average Bonchev–Trinajstić information content (AvgIpc) is 2.37. The third kappa shape index (κ3) is 2.64. The molecule has 0 spiro atoms. The van der Waals surface area contributed by atoms with Crippen molar-refractivity contribution in [3.8, 4) is 0 Å². The lowest BCUT2D eigenvalue weighted by Crippen LogP contribution is -2.26. The second kappa shape index (κ2) is 5.29. The maximum Gasteiger partial charge on any atom is 0.332 e. The van der Waals surface area contributed by atoms with Gasteiger partial charge < -0.3 is 5.11 Å². The fourth-order valence-corrected chi connectivity index (χ4v) is 1.64. The molecule has 0 unspecified atom stereocenters. The molecule has 0 aliphatic heterocycles. The van der Waals surface area contributed by atoms with Gasteiger partial charge in [-0.05, 0) is 16.8 Å². The van der Waals surface area contributed by atoms with Gasteiger partial charge in [-0.3, -0.25) is 9.63 Å². The number of hydroxylamine groups is 1. The molecule has 92 valence electrons. The molecule has 2 aromatic rings. The van der Waals surface area contributed by atoms with E-state index in [1.54, 1.807) is 12.1 Å². The van der Waals surface area contributed by atoms with Crippen LogP contribution in [0.3, 0.4) is 0 Å². The van der Waals surface area contributed by atoms with Gasteiger partial charge in [0.05, 0.1) is 0 Å². The van der Waals surface area contributed by atoms with Gasteiger partial charge in [0, 0.05) is 5.56 Å². The Morgan fingerprint density at radius 2 is 1.83 bits per heavy atom. The first-order valence-corrected chi connectivity index (χ1v) is 5.30. The molecule has 0 aromatic heterocycles. The summed E-state index contributed by atoms with van der Waals surface area (Å²) in [6.07, 6.45) is 0. The standard InChI is InChI=1S/C13H11NO4/c15-12(16)8-18-14-13(17)11-7-3-5-9-4-1-2-6-10(9)11/h1-7H,8H2,(H,14,17)(H,15,16). The van der Waals surface area contributed by atoms with Crippen molar-refractivity contribution in [2.45, 2.75) is 0 Å². The molecule has 0 saturated carbocycles. The predicted molar refractivity (Wildman–Crippen MR) is 65.0 cm³/mol. The van der Waals surface area contributed by atoms with Gasteiger partial charge in [-0.1, -0.05) is 36.4 Å². The highest BCUT2D eigenvalue weighted by Gasteiger charge is 2.09. The quantitative estimate of drug-likeness (QED) is 0.802. The second-order valence-corrected chi connectivity index (χ2v) is 3.64. The summed E-state index contributed by atoms with van der Waals surface area (Å²) in [4.78, 5) is 26.6. The maximum atomic E-state index is 11.8. The molecule has 0 aliphatic rings. The van der Waals surface area contributed by atoms with Crippen molar-refractivity contribution in [3.05, 3.63) is 48.0 Å². The lowest BCUT2D eigenvalue weighted by atomic mass is 10.0. The van der Waals surface area contributed by atoms with Gasteiger partial charge in [-0.25, -0.2) is 10.3 Å². The molecule has 0 fully saturated rings. The molecule has 5 nitrogen and oxygen atoms in total. The van der Waals surface area contributed by atoms with Crippen molar-refractivity contribution < 1.29 is 19.5 Å². The topological polar surface area (TPSA) is 75.6 Å². The van der Waals surface area contributed by atoms with Crippen molar-refractivity contribution in [2.24, 2.45) is 0 Å². The molecule has 0 atom stereocenters. The molecule has 1 amide bonds. The van der Waals surface area contributed by atoms with Crippen LogP contribution in [0.25, 0.3) is 10.8 Å². The third-order valence-electron chi connectivity index (χ3n) is 2.39. The van der Waals surface area contributed by atoms with Gasteiger partial charge in [0.25, 0.3) is 5.91 Å². The summed E-state index contributed by atoms with van der Waals surface area (Å²) >= 11 is 0. The van der Waals surface area contributed by atoms with E-state index in [0.29, 0.717) is 5.56 Å². The molecule has 5 heteroatoms. The van der Waals surface area contributed by atoms with Gasteiger partial charge in [-0.15, -0.1) is 0 Å². The van der Waals surface area contributed by atoms with E-state index < -0.39 is 18.5 Å². The van der Waals surface area contributed by atoms with Crippen LogP contribution in [0.2, 0.25) is 0 Å². The number of hydrogen-bond donors (Lipinski definition) is 2. The number of fused-ring (bicyclic) bond motifs is 1. The van der Waals surface area contributed by atoms with Gasteiger partial charge in [0.1, 0.15) is 0 Å². The van der Waals surface area contributed by atoms with Crippen LogP contribution in [-0.4, -0.2) is 23.6 Å². The Kier molecular flexibility index (Phi) is 3.54. The van der Waals surface area contributed by atoms with Gasteiger partial charge in [-0.2, -0.15) is 0 Å². The number of carboxylic acid groups (broad SMARTS) is 1. The normalized spacial score (nSPS) is 10.2. The molecule has 2 N–H and O–H groups in total. The summed E-state index contributed by atoms with van der Waals surface area (Å²) < 4.78 is 0. The molecule has 0 heterocycles. The smallest absolute Gasteiger partial charge is 0.332 e. The highest BCUT2D eigenvalue weighted by atomic mass is 16.7. The first kappa shape index (κ1) is 12.1. The fourth-order valence-electron chi connectivity index (χ4n) is 1.64. The zero-order chi connectivity index (χ0) is 13.0. The highest BCUT2D eigenvalue weighted by molar-refractivity contribution is 6.06. The van der Waals surface area contributed by atoms with Gasteiger partial charge in [0.2, 0.25) is 0 Å². The van der Waals surface area contributed by atoms with Gasteiger partial charge in [0.15, 0.2) is 6.61 Å². The van der Waals surface area contributed by atoms with Crippen molar-refractivity contribution in [1.29, 1.82) is 0 Å². The third-order valence-corrected chi connectivity index (χ3v) is 2.39. The number of rotatable bonds is 4. The van der Waals surface area contributed by atoms with Gasteiger partial charge >= 0.3 is 5.97 Å². The summed E-state index contributed by atoms with van der Waals surface area (Å²) in [5.74, 6) is -1.61. The number of carboxylic acids is 1. The number of benzene rings is 2. The number of carbonyl (C=O) groups excluding carboxylic acids is 1. The number of amides is 1. The lowest BCUT2D eigenvalue weighted by Gasteiger charge is -2.06. The largest absolute Gasteiger partial charge is 0.479 e. The monoisotopic (exact) mass is 245 g/mol. The van der Waals surface area contributed by atoms with Crippen LogP contribution in [0.5, 0.6) is 0 Å². The summed E-state index contributed by atoms with van der Waals surface area (Å²) in [6, 6.07) is 12.7. The fraction of sp³-hybridized carbons (Fsp3) is 0.0769. The minimum Gasteiger partial charge on any atom is -0.479 e. The SMILES string of the molecule is O=C(O)CONC(=O)c1cccc2ccccc12. The van der Waals surface area contributed by atoms with Crippen molar-refractivity contribution in [3.63, 3.8) is 0 Å². The van der Waals surface area contributed by atoms with Crippen LogP contribution in [0.1, 0.15) is 10.4 Å². The minimum absolute atomic E-state index is 0.443. The first-order valence-electron chi connectivity index (χ1n) is 5.30. The van der Waals surface area contributed by atoms with Crippen LogP contribution < -0.4 is 5.48 Å². The predicted octanol–water partition coefficient (Wildman–Crippen LogP) is 1.59. The van der Waals surface area contributed by atoms with Crippen molar-refractivity contribution >= 4 is 22.6 Å². The zero-order valence-electron chi connectivity index (χ0n) is 9.42.